The zero-order valence-corrected chi connectivity index (χ0v) is 14.3. The van der Waals surface area contributed by atoms with Crippen LogP contribution < -0.4 is 0 Å². The number of benzene rings is 2. The lowest BCUT2D eigenvalue weighted by atomic mass is 10.0. The molecule has 0 amide bonds. The fourth-order valence-corrected chi connectivity index (χ4v) is 3.97. The summed E-state index contributed by atoms with van der Waals surface area (Å²) < 4.78 is 5.87. The summed E-state index contributed by atoms with van der Waals surface area (Å²) in [6.07, 6.45) is 1.56. The maximum absolute atomic E-state index is 12.6. The molecule has 0 saturated heterocycles. The van der Waals surface area contributed by atoms with E-state index in [9.17, 15) is 4.79 Å². The molecule has 0 spiro atoms. The molecule has 2 aromatic carbocycles. The minimum atomic E-state index is -0.401. The van der Waals surface area contributed by atoms with Gasteiger partial charge in [-0.25, -0.2) is 4.79 Å². The summed E-state index contributed by atoms with van der Waals surface area (Å²) in [5.74, 6) is -0.276. The van der Waals surface area contributed by atoms with Crippen LogP contribution in [0.4, 0.5) is 0 Å². The number of thiophene rings is 1. The third-order valence-electron chi connectivity index (χ3n) is 3.46. The van der Waals surface area contributed by atoms with Crippen LogP contribution in [0.15, 0.2) is 77.0 Å². The van der Waals surface area contributed by atoms with Crippen molar-refractivity contribution in [1.29, 1.82) is 0 Å². The van der Waals surface area contributed by atoms with E-state index in [4.69, 9.17) is 4.74 Å². The molecular weight excluding hydrogens is 324 g/mol. The quantitative estimate of drug-likeness (QED) is 0.458. The summed E-state index contributed by atoms with van der Waals surface area (Å²) in [6.45, 7) is 0. The van der Waals surface area contributed by atoms with E-state index in [0.717, 1.165) is 16.0 Å². The standard InChI is InChI=1S/C19H16O2S2/c1-22-16-12-13-23-18(16)19(20)21-17(14-8-4-2-5-9-14)15-10-6-3-7-11-15/h2-13,17H,1H3. The van der Waals surface area contributed by atoms with E-state index in [2.05, 4.69) is 0 Å². The number of carbonyl (C=O) groups excluding carboxylic acids is 1. The highest BCUT2D eigenvalue weighted by molar-refractivity contribution is 7.98. The number of hydrogen-bond acceptors (Lipinski definition) is 4. The Hall–Kier alpha value is -2.04. The second-order valence-corrected chi connectivity index (χ2v) is 6.69. The Kier molecular flexibility index (Phi) is 5.16. The van der Waals surface area contributed by atoms with Gasteiger partial charge in [0.1, 0.15) is 4.88 Å². The van der Waals surface area contributed by atoms with Gasteiger partial charge in [-0.2, -0.15) is 0 Å². The molecule has 0 atom stereocenters. The Morgan fingerprint density at radius 2 is 1.52 bits per heavy atom. The lowest BCUT2D eigenvalue weighted by Gasteiger charge is -2.18. The maximum Gasteiger partial charge on any atom is 0.350 e. The Morgan fingerprint density at radius 3 is 2.04 bits per heavy atom. The number of thioether (sulfide) groups is 1. The first-order chi connectivity index (χ1) is 11.3. The fourth-order valence-electron chi connectivity index (χ4n) is 2.35. The molecule has 0 unspecified atom stereocenters. The third-order valence-corrected chi connectivity index (χ3v) is 5.27. The molecule has 0 radical (unpaired) electrons. The molecule has 0 aliphatic carbocycles. The van der Waals surface area contributed by atoms with Crippen LogP contribution >= 0.6 is 23.1 Å². The van der Waals surface area contributed by atoms with E-state index in [-0.39, 0.29) is 5.97 Å². The van der Waals surface area contributed by atoms with Crippen LogP contribution in [0.3, 0.4) is 0 Å². The van der Waals surface area contributed by atoms with Gasteiger partial charge in [0.15, 0.2) is 6.10 Å². The van der Waals surface area contributed by atoms with Gasteiger partial charge < -0.3 is 4.74 Å². The highest BCUT2D eigenvalue weighted by Gasteiger charge is 2.22. The Bertz CT molecular complexity index is 727. The molecule has 3 aromatic rings. The minimum Gasteiger partial charge on any atom is -0.448 e. The van der Waals surface area contributed by atoms with Gasteiger partial charge in [0, 0.05) is 4.90 Å². The average molecular weight is 340 g/mol. The summed E-state index contributed by atoms with van der Waals surface area (Å²) in [4.78, 5) is 14.2. The molecule has 3 rings (SSSR count). The van der Waals surface area contributed by atoms with E-state index in [1.807, 2.05) is 78.4 Å². The van der Waals surface area contributed by atoms with Gasteiger partial charge in [-0.05, 0) is 28.8 Å². The molecule has 1 heterocycles. The van der Waals surface area contributed by atoms with Crippen LogP contribution in [-0.2, 0) is 4.74 Å². The van der Waals surface area contributed by atoms with Crippen molar-refractivity contribution in [3.8, 4) is 0 Å². The molecule has 0 N–H and O–H groups in total. The van der Waals surface area contributed by atoms with Crippen LogP contribution in [0.2, 0.25) is 0 Å². The Balaban J connectivity index is 1.92. The van der Waals surface area contributed by atoms with Gasteiger partial charge >= 0.3 is 5.97 Å². The van der Waals surface area contributed by atoms with Crippen molar-refractivity contribution in [2.24, 2.45) is 0 Å². The van der Waals surface area contributed by atoms with E-state index in [0.29, 0.717) is 4.88 Å². The third kappa shape index (κ3) is 3.66. The van der Waals surface area contributed by atoms with Crippen molar-refractivity contribution in [3.63, 3.8) is 0 Å². The number of hydrogen-bond donors (Lipinski definition) is 0. The first kappa shape index (κ1) is 15.8. The number of carbonyl (C=O) groups is 1. The van der Waals surface area contributed by atoms with E-state index >= 15 is 0 Å². The highest BCUT2D eigenvalue weighted by Crippen LogP contribution is 2.31. The molecule has 23 heavy (non-hydrogen) atoms. The van der Waals surface area contributed by atoms with Crippen molar-refractivity contribution in [3.05, 3.63) is 88.1 Å². The molecule has 0 aliphatic rings. The normalized spacial score (nSPS) is 10.7. The van der Waals surface area contributed by atoms with Gasteiger partial charge in [0.25, 0.3) is 0 Å². The molecule has 116 valence electrons. The lowest BCUT2D eigenvalue weighted by molar-refractivity contribution is 0.0380. The van der Waals surface area contributed by atoms with E-state index < -0.39 is 6.10 Å². The second kappa shape index (κ2) is 7.49. The van der Waals surface area contributed by atoms with Crippen LogP contribution in [0.1, 0.15) is 26.9 Å². The SMILES string of the molecule is CSc1ccsc1C(=O)OC(c1ccccc1)c1ccccc1. The lowest BCUT2D eigenvalue weighted by Crippen LogP contribution is -2.12. The first-order valence-electron chi connectivity index (χ1n) is 7.22. The molecule has 0 bridgehead atoms. The molecule has 1 aromatic heterocycles. The van der Waals surface area contributed by atoms with Gasteiger partial charge in [-0.15, -0.1) is 23.1 Å². The zero-order chi connectivity index (χ0) is 16.1. The van der Waals surface area contributed by atoms with Gasteiger partial charge in [-0.3, -0.25) is 0 Å². The Labute approximate surface area is 144 Å². The minimum absolute atomic E-state index is 0.276. The molecule has 2 nitrogen and oxygen atoms in total. The van der Waals surface area contributed by atoms with Crippen molar-refractivity contribution >= 4 is 29.1 Å². The van der Waals surface area contributed by atoms with Gasteiger partial charge in [-0.1, -0.05) is 60.7 Å². The van der Waals surface area contributed by atoms with Crippen molar-refractivity contribution in [2.45, 2.75) is 11.0 Å². The van der Waals surface area contributed by atoms with Crippen molar-refractivity contribution in [2.75, 3.05) is 6.26 Å². The highest BCUT2D eigenvalue weighted by atomic mass is 32.2. The summed E-state index contributed by atoms with van der Waals surface area (Å²) >= 11 is 2.98. The average Bonchev–Trinajstić information content (AvgIpc) is 3.10. The van der Waals surface area contributed by atoms with Gasteiger partial charge in [0.05, 0.1) is 0 Å². The molecule has 0 saturated carbocycles. The van der Waals surface area contributed by atoms with E-state index in [1.165, 1.54) is 11.3 Å². The van der Waals surface area contributed by atoms with Crippen LogP contribution in [-0.4, -0.2) is 12.2 Å². The van der Waals surface area contributed by atoms with Crippen molar-refractivity contribution < 1.29 is 9.53 Å². The number of ether oxygens (including phenoxy) is 1. The number of rotatable bonds is 5. The predicted molar refractivity (Wildman–Crippen MR) is 96.2 cm³/mol. The topological polar surface area (TPSA) is 26.3 Å². The van der Waals surface area contributed by atoms with Crippen LogP contribution in [0, 0.1) is 0 Å². The maximum atomic E-state index is 12.6. The summed E-state index contributed by atoms with van der Waals surface area (Å²) in [7, 11) is 0. The van der Waals surface area contributed by atoms with Gasteiger partial charge in [0.2, 0.25) is 0 Å². The molecular formula is C19H16O2S2. The smallest absolute Gasteiger partial charge is 0.350 e. The first-order valence-corrected chi connectivity index (χ1v) is 9.32. The summed E-state index contributed by atoms with van der Waals surface area (Å²) in [5, 5.41) is 1.92. The van der Waals surface area contributed by atoms with E-state index in [1.54, 1.807) is 11.8 Å². The number of esters is 1. The molecule has 0 aliphatic heterocycles. The predicted octanol–water partition coefficient (Wildman–Crippen LogP) is 5.42. The molecule has 4 heteroatoms. The molecule has 0 fully saturated rings. The fraction of sp³-hybridized carbons (Fsp3) is 0.105. The zero-order valence-electron chi connectivity index (χ0n) is 12.6. The van der Waals surface area contributed by atoms with Crippen LogP contribution in [0.5, 0.6) is 0 Å². The monoisotopic (exact) mass is 340 g/mol. The van der Waals surface area contributed by atoms with Crippen LogP contribution in [0.25, 0.3) is 0 Å². The van der Waals surface area contributed by atoms with Crippen molar-refractivity contribution in [1.82, 2.24) is 0 Å². The second-order valence-electron chi connectivity index (χ2n) is 4.92. The Morgan fingerprint density at radius 1 is 0.957 bits per heavy atom. The summed E-state index contributed by atoms with van der Waals surface area (Å²) in [6, 6.07) is 21.6. The summed E-state index contributed by atoms with van der Waals surface area (Å²) in [5.41, 5.74) is 1.93. The largest absolute Gasteiger partial charge is 0.448 e.